The molecule has 2 heteroatoms. The van der Waals surface area contributed by atoms with E-state index in [1.807, 2.05) is 13.0 Å². The minimum absolute atomic E-state index is 0.0253. The van der Waals surface area contributed by atoms with Gasteiger partial charge in [-0.25, -0.2) is 0 Å². The van der Waals surface area contributed by atoms with E-state index in [0.29, 0.717) is 5.78 Å². The van der Waals surface area contributed by atoms with Crippen LogP contribution in [-0.4, -0.2) is 10.8 Å². The van der Waals surface area contributed by atoms with Crippen molar-refractivity contribution in [2.75, 3.05) is 0 Å². The summed E-state index contributed by atoms with van der Waals surface area (Å²) in [6.07, 6.45) is 11.2. The minimum atomic E-state index is -0.0253. The topological polar surface area (TPSA) is 30.0 Å². The van der Waals surface area contributed by atoms with Gasteiger partial charge in [0.1, 0.15) is 0 Å². The highest BCUT2D eigenvalue weighted by molar-refractivity contribution is 6.01. The molecule has 0 aromatic carbocycles. The number of aromatic nitrogens is 1. The van der Waals surface area contributed by atoms with E-state index in [1.54, 1.807) is 12.4 Å². The summed E-state index contributed by atoms with van der Waals surface area (Å²) in [5, 5.41) is 0. The number of ketones is 1. The Kier molecular flexibility index (Phi) is 2.39. The molecule has 0 aliphatic heterocycles. The minimum Gasteiger partial charge on any atom is -0.293 e. The molecule has 0 amide bonds. The Morgan fingerprint density at radius 1 is 1.16 bits per heavy atom. The standard InChI is InChI=1S/C17H21NO/c1-11-2-3-18-10-15(11)16(19)17-7-12-4-13(8-17)6-14(5-12)9-17/h2-3,10,12-14H,4-9H2,1H3. The highest BCUT2D eigenvalue weighted by atomic mass is 16.1. The first kappa shape index (κ1) is 11.6. The molecule has 4 aliphatic carbocycles. The molecule has 0 unspecified atom stereocenters. The van der Waals surface area contributed by atoms with Gasteiger partial charge in [0.2, 0.25) is 0 Å². The summed E-state index contributed by atoms with van der Waals surface area (Å²) in [4.78, 5) is 17.3. The third kappa shape index (κ3) is 1.69. The van der Waals surface area contributed by atoms with E-state index < -0.39 is 0 Å². The van der Waals surface area contributed by atoms with Gasteiger partial charge in [-0.05, 0) is 74.8 Å². The second-order valence-electron chi connectivity index (χ2n) is 7.22. The molecule has 2 nitrogen and oxygen atoms in total. The predicted molar refractivity (Wildman–Crippen MR) is 73.9 cm³/mol. The van der Waals surface area contributed by atoms with Crippen LogP contribution in [0.5, 0.6) is 0 Å². The fourth-order valence-corrected chi connectivity index (χ4v) is 5.38. The lowest BCUT2D eigenvalue weighted by Crippen LogP contribution is -2.50. The fraction of sp³-hybridized carbons (Fsp3) is 0.647. The van der Waals surface area contributed by atoms with Crippen molar-refractivity contribution in [2.24, 2.45) is 23.2 Å². The van der Waals surface area contributed by atoms with E-state index in [2.05, 4.69) is 4.98 Å². The van der Waals surface area contributed by atoms with E-state index in [4.69, 9.17) is 0 Å². The highest BCUT2D eigenvalue weighted by Gasteiger charge is 2.54. The van der Waals surface area contributed by atoms with Crippen LogP contribution in [0.15, 0.2) is 18.5 Å². The Bertz CT molecular complexity index is 499. The van der Waals surface area contributed by atoms with Crippen LogP contribution in [0.4, 0.5) is 0 Å². The summed E-state index contributed by atoms with van der Waals surface area (Å²) in [7, 11) is 0. The molecular weight excluding hydrogens is 234 g/mol. The Morgan fingerprint density at radius 3 is 2.26 bits per heavy atom. The molecule has 0 saturated heterocycles. The average molecular weight is 255 g/mol. The van der Waals surface area contributed by atoms with Crippen LogP contribution in [0.2, 0.25) is 0 Å². The maximum atomic E-state index is 13.1. The summed E-state index contributed by atoms with van der Waals surface area (Å²) < 4.78 is 0. The number of pyridine rings is 1. The van der Waals surface area contributed by atoms with Gasteiger partial charge in [-0.15, -0.1) is 0 Å². The zero-order valence-corrected chi connectivity index (χ0v) is 11.6. The SMILES string of the molecule is Cc1ccncc1C(=O)C12CC3CC(CC(C3)C1)C2. The van der Waals surface area contributed by atoms with Crippen molar-refractivity contribution in [3.8, 4) is 0 Å². The summed E-state index contributed by atoms with van der Waals surface area (Å²) >= 11 is 0. The van der Waals surface area contributed by atoms with Gasteiger partial charge in [0, 0.05) is 23.4 Å². The van der Waals surface area contributed by atoms with Crippen LogP contribution >= 0.6 is 0 Å². The normalized spacial score (nSPS) is 39.5. The van der Waals surface area contributed by atoms with Gasteiger partial charge in [0.15, 0.2) is 5.78 Å². The van der Waals surface area contributed by atoms with Gasteiger partial charge in [0.25, 0.3) is 0 Å². The molecule has 0 spiro atoms. The van der Waals surface area contributed by atoms with Crippen LogP contribution in [-0.2, 0) is 0 Å². The summed E-state index contributed by atoms with van der Waals surface area (Å²) in [5.74, 6) is 2.88. The largest absolute Gasteiger partial charge is 0.293 e. The molecule has 4 aliphatic rings. The lowest BCUT2D eigenvalue weighted by Gasteiger charge is -2.56. The second kappa shape index (κ2) is 3.91. The van der Waals surface area contributed by atoms with Crippen molar-refractivity contribution in [3.05, 3.63) is 29.6 Å². The first-order valence-electron chi connectivity index (χ1n) is 7.62. The summed E-state index contributed by atoms with van der Waals surface area (Å²) in [5.41, 5.74) is 1.95. The second-order valence-corrected chi connectivity index (χ2v) is 7.22. The lowest BCUT2D eigenvalue weighted by molar-refractivity contribution is -0.0353. The van der Waals surface area contributed by atoms with Crippen molar-refractivity contribution in [3.63, 3.8) is 0 Å². The van der Waals surface area contributed by atoms with E-state index in [-0.39, 0.29) is 5.41 Å². The molecule has 0 N–H and O–H groups in total. The van der Waals surface area contributed by atoms with Crippen molar-refractivity contribution < 1.29 is 4.79 Å². The molecule has 1 aromatic heterocycles. The molecular formula is C17H21NO. The Balaban J connectivity index is 1.72. The number of hydrogen-bond donors (Lipinski definition) is 0. The first-order valence-corrected chi connectivity index (χ1v) is 7.62. The molecule has 0 radical (unpaired) electrons. The molecule has 100 valence electrons. The third-order valence-electron chi connectivity index (χ3n) is 5.80. The van der Waals surface area contributed by atoms with Crippen molar-refractivity contribution in [1.82, 2.24) is 4.98 Å². The molecule has 1 aromatic rings. The zero-order valence-electron chi connectivity index (χ0n) is 11.6. The highest BCUT2D eigenvalue weighted by Crippen LogP contribution is 2.61. The maximum absolute atomic E-state index is 13.1. The number of aryl methyl sites for hydroxylation is 1. The van der Waals surface area contributed by atoms with Crippen molar-refractivity contribution in [2.45, 2.75) is 45.4 Å². The Morgan fingerprint density at radius 2 is 1.74 bits per heavy atom. The van der Waals surface area contributed by atoms with Gasteiger partial charge < -0.3 is 0 Å². The fourth-order valence-electron chi connectivity index (χ4n) is 5.38. The summed E-state index contributed by atoms with van der Waals surface area (Å²) in [6, 6.07) is 1.97. The van der Waals surface area contributed by atoms with E-state index in [1.165, 1.54) is 19.3 Å². The number of Topliss-reactive ketones (excluding diaryl/α,β-unsaturated/α-hetero) is 1. The number of carbonyl (C=O) groups excluding carboxylic acids is 1. The van der Waals surface area contributed by atoms with Crippen LogP contribution < -0.4 is 0 Å². The maximum Gasteiger partial charge on any atom is 0.170 e. The molecule has 5 rings (SSSR count). The van der Waals surface area contributed by atoms with Crippen molar-refractivity contribution in [1.29, 1.82) is 0 Å². The average Bonchev–Trinajstić information content (AvgIpc) is 2.37. The summed E-state index contributed by atoms with van der Waals surface area (Å²) in [6.45, 7) is 2.04. The van der Waals surface area contributed by atoms with E-state index in [0.717, 1.165) is 48.1 Å². The van der Waals surface area contributed by atoms with Crippen LogP contribution in [0.3, 0.4) is 0 Å². The number of nitrogens with zero attached hydrogens (tertiary/aromatic N) is 1. The zero-order chi connectivity index (χ0) is 13.0. The molecule has 4 fully saturated rings. The van der Waals surface area contributed by atoms with Gasteiger partial charge in [0.05, 0.1) is 0 Å². The van der Waals surface area contributed by atoms with Crippen LogP contribution in [0.1, 0.15) is 54.4 Å². The Hall–Kier alpha value is -1.18. The number of hydrogen-bond acceptors (Lipinski definition) is 2. The van der Waals surface area contributed by atoms with E-state index in [9.17, 15) is 4.79 Å². The lowest BCUT2D eigenvalue weighted by atomic mass is 9.48. The van der Waals surface area contributed by atoms with Crippen LogP contribution in [0, 0.1) is 30.1 Å². The molecule has 4 bridgehead atoms. The molecule has 19 heavy (non-hydrogen) atoms. The van der Waals surface area contributed by atoms with Gasteiger partial charge >= 0.3 is 0 Å². The third-order valence-corrected chi connectivity index (χ3v) is 5.80. The molecule has 1 heterocycles. The monoisotopic (exact) mass is 255 g/mol. The van der Waals surface area contributed by atoms with Crippen molar-refractivity contribution >= 4 is 5.78 Å². The smallest absolute Gasteiger partial charge is 0.170 e. The van der Waals surface area contributed by atoms with Gasteiger partial charge in [-0.1, -0.05) is 0 Å². The Labute approximate surface area is 114 Å². The van der Waals surface area contributed by atoms with Gasteiger partial charge in [-0.3, -0.25) is 9.78 Å². The first-order chi connectivity index (χ1) is 9.16. The quantitative estimate of drug-likeness (QED) is 0.753. The molecule has 4 saturated carbocycles. The predicted octanol–water partition coefficient (Wildman–Crippen LogP) is 3.79. The van der Waals surface area contributed by atoms with Gasteiger partial charge in [-0.2, -0.15) is 0 Å². The van der Waals surface area contributed by atoms with Crippen LogP contribution in [0.25, 0.3) is 0 Å². The number of carbonyl (C=O) groups is 1. The molecule has 0 atom stereocenters. The number of rotatable bonds is 2. The van der Waals surface area contributed by atoms with E-state index >= 15 is 0 Å².